The molecule has 1 aromatic rings. The molecule has 0 saturated heterocycles. The zero-order valence-electron chi connectivity index (χ0n) is 12.6. The zero-order chi connectivity index (χ0) is 13.8. The summed E-state index contributed by atoms with van der Waals surface area (Å²) < 4.78 is 0. The molecule has 2 saturated carbocycles. The van der Waals surface area contributed by atoms with E-state index in [1.807, 2.05) is 0 Å². The van der Waals surface area contributed by atoms with E-state index in [1.165, 1.54) is 56.5 Å². The van der Waals surface area contributed by atoms with Crippen LogP contribution in [0.3, 0.4) is 0 Å². The van der Waals surface area contributed by atoms with E-state index in [2.05, 4.69) is 35.3 Å². The molecule has 2 aliphatic carbocycles. The second kappa shape index (κ2) is 6.57. The predicted molar refractivity (Wildman–Crippen MR) is 84.0 cm³/mol. The van der Waals surface area contributed by atoms with E-state index in [9.17, 15) is 0 Å². The average molecular weight is 273 g/mol. The van der Waals surface area contributed by atoms with Crippen LogP contribution in [0, 0.1) is 0 Å². The van der Waals surface area contributed by atoms with E-state index in [-0.39, 0.29) is 0 Å². The van der Waals surface area contributed by atoms with Crippen LogP contribution in [-0.4, -0.2) is 23.6 Å². The van der Waals surface area contributed by atoms with Crippen LogP contribution in [0.25, 0.3) is 0 Å². The van der Waals surface area contributed by atoms with Gasteiger partial charge in [0.25, 0.3) is 0 Å². The van der Waals surface area contributed by atoms with Crippen LogP contribution in [-0.2, 0) is 6.54 Å². The van der Waals surface area contributed by atoms with Crippen molar-refractivity contribution in [3.05, 3.63) is 23.9 Å². The molecule has 2 aliphatic rings. The molecule has 1 heterocycles. The van der Waals surface area contributed by atoms with Gasteiger partial charge in [-0.05, 0) is 44.7 Å². The first kappa shape index (κ1) is 13.9. The fourth-order valence-corrected chi connectivity index (χ4v) is 3.26. The van der Waals surface area contributed by atoms with Gasteiger partial charge < -0.3 is 10.2 Å². The molecule has 3 nitrogen and oxygen atoms in total. The van der Waals surface area contributed by atoms with E-state index in [1.54, 1.807) is 0 Å². The maximum absolute atomic E-state index is 4.88. The fourth-order valence-electron chi connectivity index (χ4n) is 3.26. The van der Waals surface area contributed by atoms with Crippen molar-refractivity contribution in [2.45, 2.75) is 70.5 Å². The van der Waals surface area contributed by atoms with Crippen LogP contribution in [0.4, 0.5) is 5.82 Å². The number of hydrogen-bond donors (Lipinski definition) is 1. The van der Waals surface area contributed by atoms with E-state index < -0.39 is 0 Å². The van der Waals surface area contributed by atoms with Gasteiger partial charge in [0.15, 0.2) is 0 Å². The lowest BCUT2D eigenvalue weighted by Crippen LogP contribution is -2.37. The highest BCUT2D eigenvalue weighted by molar-refractivity contribution is 5.40. The van der Waals surface area contributed by atoms with Crippen molar-refractivity contribution in [1.82, 2.24) is 10.3 Å². The number of nitrogens with zero attached hydrogens (tertiary/aromatic N) is 2. The molecular weight excluding hydrogens is 246 g/mol. The minimum Gasteiger partial charge on any atom is -0.354 e. The van der Waals surface area contributed by atoms with Crippen LogP contribution < -0.4 is 10.2 Å². The summed E-state index contributed by atoms with van der Waals surface area (Å²) in [4.78, 5) is 7.40. The summed E-state index contributed by atoms with van der Waals surface area (Å²) in [6, 6.07) is 7.94. The predicted octanol–water partition coefficient (Wildman–Crippen LogP) is 3.49. The maximum Gasteiger partial charge on any atom is 0.129 e. The molecule has 1 aromatic heterocycles. The van der Waals surface area contributed by atoms with Crippen LogP contribution in [0.1, 0.15) is 57.6 Å². The van der Waals surface area contributed by atoms with Crippen LogP contribution in [0.5, 0.6) is 0 Å². The van der Waals surface area contributed by atoms with Crippen molar-refractivity contribution in [2.75, 3.05) is 11.4 Å². The molecule has 2 fully saturated rings. The number of nitrogens with one attached hydrogen (secondary N) is 1. The van der Waals surface area contributed by atoms with Crippen molar-refractivity contribution in [1.29, 1.82) is 0 Å². The maximum atomic E-state index is 4.88. The summed E-state index contributed by atoms with van der Waals surface area (Å²) in [5.41, 5.74) is 1.18. The summed E-state index contributed by atoms with van der Waals surface area (Å²) in [6.45, 7) is 4.24. The molecule has 3 rings (SSSR count). The Morgan fingerprint density at radius 2 is 1.95 bits per heavy atom. The molecule has 1 N–H and O–H groups in total. The highest BCUT2D eigenvalue weighted by Crippen LogP contribution is 2.26. The standard InChI is InChI=1S/C17H27N3/c1-2-20(16-8-4-3-5-9-16)17-10-6-7-15(19-17)13-18-14-11-12-14/h6-7,10,14,16,18H,2-5,8-9,11-13H2,1H3. The van der Waals surface area contributed by atoms with Crippen LogP contribution >= 0.6 is 0 Å². The molecule has 0 unspecified atom stereocenters. The van der Waals surface area contributed by atoms with Gasteiger partial charge in [0.2, 0.25) is 0 Å². The summed E-state index contributed by atoms with van der Waals surface area (Å²) in [5, 5.41) is 3.56. The van der Waals surface area contributed by atoms with Gasteiger partial charge in [-0.3, -0.25) is 0 Å². The lowest BCUT2D eigenvalue weighted by atomic mass is 9.94. The highest BCUT2D eigenvalue weighted by atomic mass is 15.2. The molecule has 0 aliphatic heterocycles. The van der Waals surface area contributed by atoms with Gasteiger partial charge in [-0.15, -0.1) is 0 Å². The number of rotatable bonds is 6. The first-order chi connectivity index (χ1) is 9.86. The van der Waals surface area contributed by atoms with Gasteiger partial charge >= 0.3 is 0 Å². The van der Waals surface area contributed by atoms with E-state index >= 15 is 0 Å². The Morgan fingerprint density at radius 1 is 1.15 bits per heavy atom. The molecule has 0 aromatic carbocycles. The molecule has 0 spiro atoms. The highest BCUT2D eigenvalue weighted by Gasteiger charge is 2.22. The number of aromatic nitrogens is 1. The Kier molecular flexibility index (Phi) is 4.56. The first-order valence-electron chi connectivity index (χ1n) is 8.33. The normalized spacial score (nSPS) is 20.1. The number of pyridine rings is 1. The molecule has 3 heteroatoms. The molecule has 20 heavy (non-hydrogen) atoms. The summed E-state index contributed by atoms with van der Waals surface area (Å²) in [5.74, 6) is 1.18. The SMILES string of the molecule is CCN(c1cccc(CNC2CC2)n1)C1CCCCC1. The largest absolute Gasteiger partial charge is 0.354 e. The number of anilines is 1. The minimum atomic E-state index is 0.702. The van der Waals surface area contributed by atoms with Gasteiger partial charge in [0, 0.05) is 25.2 Å². The molecule has 110 valence electrons. The van der Waals surface area contributed by atoms with E-state index in [4.69, 9.17) is 4.98 Å². The van der Waals surface area contributed by atoms with Gasteiger partial charge in [0.05, 0.1) is 5.69 Å². The molecule has 0 radical (unpaired) electrons. The minimum absolute atomic E-state index is 0.702. The Bertz CT molecular complexity index is 422. The van der Waals surface area contributed by atoms with Crippen molar-refractivity contribution < 1.29 is 0 Å². The van der Waals surface area contributed by atoms with Crippen molar-refractivity contribution in [3.8, 4) is 0 Å². The quantitative estimate of drug-likeness (QED) is 0.860. The van der Waals surface area contributed by atoms with E-state index in [0.717, 1.165) is 19.1 Å². The van der Waals surface area contributed by atoms with Crippen LogP contribution in [0.15, 0.2) is 18.2 Å². The lowest BCUT2D eigenvalue weighted by Gasteiger charge is -2.34. The van der Waals surface area contributed by atoms with Crippen molar-refractivity contribution in [2.24, 2.45) is 0 Å². The molecule has 0 bridgehead atoms. The van der Waals surface area contributed by atoms with Crippen molar-refractivity contribution >= 4 is 5.82 Å². The third kappa shape index (κ3) is 3.51. The summed E-state index contributed by atoms with van der Waals surface area (Å²) >= 11 is 0. The summed E-state index contributed by atoms with van der Waals surface area (Å²) in [7, 11) is 0. The Balaban J connectivity index is 1.67. The zero-order valence-corrected chi connectivity index (χ0v) is 12.6. The van der Waals surface area contributed by atoms with Gasteiger partial charge in [-0.1, -0.05) is 25.3 Å². The Morgan fingerprint density at radius 3 is 2.65 bits per heavy atom. The Hall–Kier alpha value is -1.09. The third-order valence-corrected chi connectivity index (χ3v) is 4.59. The topological polar surface area (TPSA) is 28.2 Å². The van der Waals surface area contributed by atoms with Crippen molar-refractivity contribution in [3.63, 3.8) is 0 Å². The lowest BCUT2D eigenvalue weighted by molar-refractivity contribution is 0.416. The first-order valence-corrected chi connectivity index (χ1v) is 8.33. The second-order valence-corrected chi connectivity index (χ2v) is 6.22. The van der Waals surface area contributed by atoms with E-state index in [0.29, 0.717) is 6.04 Å². The molecule has 0 amide bonds. The average Bonchev–Trinajstić information content (AvgIpc) is 3.32. The van der Waals surface area contributed by atoms with Gasteiger partial charge in [-0.25, -0.2) is 4.98 Å². The smallest absolute Gasteiger partial charge is 0.129 e. The Labute approximate surface area is 122 Å². The van der Waals surface area contributed by atoms with Gasteiger partial charge in [-0.2, -0.15) is 0 Å². The van der Waals surface area contributed by atoms with Crippen LogP contribution in [0.2, 0.25) is 0 Å². The monoisotopic (exact) mass is 273 g/mol. The molecule has 0 atom stereocenters. The second-order valence-electron chi connectivity index (χ2n) is 6.22. The number of hydrogen-bond acceptors (Lipinski definition) is 3. The fraction of sp³-hybridized carbons (Fsp3) is 0.706. The molecular formula is C17H27N3. The van der Waals surface area contributed by atoms with Gasteiger partial charge in [0.1, 0.15) is 5.82 Å². The summed E-state index contributed by atoms with van der Waals surface area (Å²) in [6.07, 6.45) is 9.51. The third-order valence-electron chi connectivity index (χ3n) is 4.59.